The molecule has 4 rings (SSSR count). The van der Waals surface area contributed by atoms with Crippen molar-refractivity contribution in [2.75, 3.05) is 5.32 Å². The molecule has 0 atom stereocenters. The quantitative estimate of drug-likeness (QED) is 0.881. The second kappa shape index (κ2) is 6.71. The molecule has 2 aliphatic rings. The van der Waals surface area contributed by atoms with E-state index in [2.05, 4.69) is 20.8 Å². The monoisotopic (exact) mass is 325 g/mol. The van der Waals surface area contributed by atoms with Crippen molar-refractivity contribution in [1.29, 1.82) is 0 Å². The Morgan fingerprint density at radius 1 is 1.12 bits per heavy atom. The molecule has 6 heteroatoms. The topological polar surface area (TPSA) is 72.7 Å². The molecule has 24 heavy (non-hydrogen) atoms. The SMILES string of the molecule is O=C(CCC1CCCC1)Nc1ccc(-c2nnnn2C2CC2)cc1. The first-order chi connectivity index (χ1) is 11.8. The lowest BCUT2D eigenvalue weighted by atomic mass is 10.0. The van der Waals surface area contributed by atoms with Crippen molar-refractivity contribution in [3.8, 4) is 11.4 Å². The number of hydrogen-bond acceptors (Lipinski definition) is 4. The summed E-state index contributed by atoms with van der Waals surface area (Å²) in [5.41, 5.74) is 1.82. The molecule has 0 saturated heterocycles. The summed E-state index contributed by atoms with van der Waals surface area (Å²) in [6, 6.07) is 8.24. The van der Waals surface area contributed by atoms with Crippen LogP contribution in [0, 0.1) is 5.92 Å². The van der Waals surface area contributed by atoms with Crippen LogP contribution in [0.1, 0.15) is 57.4 Å². The molecule has 0 radical (unpaired) electrons. The largest absolute Gasteiger partial charge is 0.326 e. The summed E-state index contributed by atoms with van der Waals surface area (Å²) in [4.78, 5) is 12.1. The van der Waals surface area contributed by atoms with Crippen molar-refractivity contribution in [2.24, 2.45) is 5.92 Å². The maximum absolute atomic E-state index is 12.1. The number of nitrogens with zero attached hydrogens (tertiary/aromatic N) is 4. The van der Waals surface area contributed by atoms with Gasteiger partial charge in [0.2, 0.25) is 5.91 Å². The number of aromatic nitrogens is 4. The van der Waals surface area contributed by atoms with Gasteiger partial charge in [0.1, 0.15) is 0 Å². The summed E-state index contributed by atoms with van der Waals surface area (Å²) in [6.45, 7) is 0. The fourth-order valence-corrected chi connectivity index (χ4v) is 3.51. The smallest absolute Gasteiger partial charge is 0.224 e. The molecule has 2 aliphatic carbocycles. The summed E-state index contributed by atoms with van der Waals surface area (Å²) >= 11 is 0. The lowest BCUT2D eigenvalue weighted by Gasteiger charge is -2.09. The van der Waals surface area contributed by atoms with E-state index in [0.717, 1.165) is 42.3 Å². The molecule has 2 saturated carbocycles. The van der Waals surface area contributed by atoms with Gasteiger partial charge in [-0.25, -0.2) is 4.68 Å². The summed E-state index contributed by atoms with van der Waals surface area (Å²) in [7, 11) is 0. The zero-order valence-corrected chi connectivity index (χ0v) is 13.8. The van der Waals surface area contributed by atoms with E-state index < -0.39 is 0 Å². The van der Waals surface area contributed by atoms with E-state index in [4.69, 9.17) is 0 Å². The molecular formula is C18H23N5O. The Bertz CT molecular complexity index is 698. The van der Waals surface area contributed by atoms with Gasteiger partial charge in [0, 0.05) is 17.7 Å². The van der Waals surface area contributed by atoms with Gasteiger partial charge in [-0.2, -0.15) is 0 Å². The molecule has 0 spiro atoms. The number of hydrogen-bond donors (Lipinski definition) is 1. The average molecular weight is 325 g/mol. The minimum absolute atomic E-state index is 0.109. The van der Waals surface area contributed by atoms with Gasteiger partial charge in [-0.15, -0.1) is 5.10 Å². The maximum Gasteiger partial charge on any atom is 0.224 e. The zero-order chi connectivity index (χ0) is 16.4. The zero-order valence-electron chi connectivity index (χ0n) is 13.8. The van der Waals surface area contributed by atoms with Gasteiger partial charge in [0.25, 0.3) is 0 Å². The Kier molecular flexibility index (Phi) is 4.28. The van der Waals surface area contributed by atoms with Gasteiger partial charge >= 0.3 is 0 Å². The van der Waals surface area contributed by atoms with Crippen LogP contribution in [0.4, 0.5) is 5.69 Å². The molecular weight excluding hydrogens is 302 g/mol. The van der Waals surface area contributed by atoms with E-state index in [-0.39, 0.29) is 5.91 Å². The lowest BCUT2D eigenvalue weighted by molar-refractivity contribution is -0.116. The Morgan fingerprint density at radius 2 is 1.88 bits per heavy atom. The first kappa shape index (κ1) is 15.3. The minimum Gasteiger partial charge on any atom is -0.326 e. The van der Waals surface area contributed by atoms with E-state index in [0.29, 0.717) is 12.5 Å². The van der Waals surface area contributed by atoms with Crippen molar-refractivity contribution >= 4 is 11.6 Å². The minimum atomic E-state index is 0.109. The second-order valence-corrected chi connectivity index (χ2v) is 6.99. The standard InChI is InChI=1S/C18H23N5O/c24-17(12-5-13-3-1-2-4-13)19-15-8-6-14(7-9-15)18-20-21-22-23(18)16-10-11-16/h6-9,13,16H,1-5,10-12H2,(H,19,24). The summed E-state index contributed by atoms with van der Waals surface area (Å²) < 4.78 is 1.90. The Labute approximate surface area is 141 Å². The van der Waals surface area contributed by atoms with Gasteiger partial charge in [-0.1, -0.05) is 25.7 Å². The Balaban J connectivity index is 1.35. The van der Waals surface area contributed by atoms with Crippen molar-refractivity contribution in [1.82, 2.24) is 20.2 Å². The number of benzene rings is 1. The first-order valence-electron chi connectivity index (χ1n) is 8.98. The van der Waals surface area contributed by atoms with Crippen LogP contribution in [-0.2, 0) is 4.79 Å². The fourth-order valence-electron chi connectivity index (χ4n) is 3.51. The third-order valence-electron chi connectivity index (χ3n) is 5.07. The highest BCUT2D eigenvalue weighted by molar-refractivity contribution is 5.90. The molecule has 1 N–H and O–H groups in total. The van der Waals surface area contributed by atoms with Crippen molar-refractivity contribution < 1.29 is 4.79 Å². The lowest BCUT2D eigenvalue weighted by Crippen LogP contribution is -2.12. The number of tetrazole rings is 1. The van der Waals surface area contributed by atoms with Gasteiger partial charge < -0.3 is 5.32 Å². The van der Waals surface area contributed by atoms with Crippen LogP contribution in [-0.4, -0.2) is 26.1 Å². The van der Waals surface area contributed by atoms with E-state index in [1.165, 1.54) is 25.7 Å². The van der Waals surface area contributed by atoms with Crippen molar-refractivity contribution in [2.45, 2.75) is 57.4 Å². The molecule has 1 amide bonds. The molecule has 1 heterocycles. The van der Waals surface area contributed by atoms with Crippen molar-refractivity contribution in [3.63, 3.8) is 0 Å². The average Bonchev–Trinajstić information content (AvgIpc) is 3.11. The van der Waals surface area contributed by atoms with Gasteiger partial charge in [-0.05, 0) is 59.9 Å². The molecule has 126 valence electrons. The Morgan fingerprint density at radius 3 is 2.58 bits per heavy atom. The van der Waals surface area contributed by atoms with Crippen molar-refractivity contribution in [3.05, 3.63) is 24.3 Å². The highest BCUT2D eigenvalue weighted by Gasteiger charge is 2.28. The maximum atomic E-state index is 12.1. The van der Waals surface area contributed by atoms with Crippen LogP contribution >= 0.6 is 0 Å². The predicted molar refractivity (Wildman–Crippen MR) is 91.3 cm³/mol. The highest BCUT2D eigenvalue weighted by Crippen LogP contribution is 2.36. The normalized spacial score (nSPS) is 18.0. The number of anilines is 1. The van der Waals surface area contributed by atoms with E-state index in [1.807, 2.05) is 28.9 Å². The molecule has 0 bridgehead atoms. The second-order valence-electron chi connectivity index (χ2n) is 6.99. The fraction of sp³-hybridized carbons (Fsp3) is 0.556. The van der Waals surface area contributed by atoms with Crippen LogP contribution in [0.2, 0.25) is 0 Å². The molecule has 2 aromatic rings. The number of rotatable bonds is 6. The molecule has 0 unspecified atom stereocenters. The summed E-state index contributed by atoms with van der Waals surface area (Å²) in [6.07, 6.45) is 9.16. The van der Waals surface area contributed by atoms with E-state index >= 15 is 0 Å². The molecule has 2 fully saturated rings. The van der Waals surface area contributed by atoms with Crippen LogP contribution < -0.4 is 5.32 Å². The third kappa shape index (κ3) is 3.47. The van der Waals surface area contributed by atoms with E-state index in [1.54, 1.807) is 0 Å². The molecule has 1 aromatic heterocycles. The summed E-state index contributed by atoms with van der Waals surface area (Å²) in [5.74, 6) is 1.66. The molecule has 6 nitrogen and oxygen atoms in total. The first-order valence-corrected chi connectivity index (χ1v) is 8.98. The van der Waals surface area contributed by atoms with Crippen LogP contribution in [0.5, 0.6) is 0 Å². The van der Waals surface area contributed by atoms with Crippen LogP contribution in [0.25, 0.3) is 11.4 Å². The molecule has 1 aromatic carbocycles. The predicted octanol–water partition coefficient (Wildman–Crippen LogP) is 3.58. The number of amides is 1. The summed E-state index contributed by atoms with van der Waals surface area (Å²) in [5, 5.41) is 15.0. The van der Waals surface area contributed by atoms with E-state index in [9.17, 15) is 4.79 Å². The molecule has 0 aliphatic heterocycles. The van der Waals surface area contributed by atoms with Gasteiger partial charge in [0.15, 0.2) is 5.82 Å². The number of carbonyl (C=O) groups excluding carboxylic acids is 1. The third-order valence-corrected chi connectivity index (χ3v) is 5.07. The number of carbonyl (C=O) groups is 1. The number of nitrogens with one attached hydrogen (secondary N) is 1. The van der Waals surface area contributed by atoms with Crippen LogP contribution in [0.15, 0.2) is 24.3 Å². The van der Waals surface area contributed by atoms with Gasteiger partial charge in [0.05, 0.1) is 6.04 Å². The Hall–Kier alpha value is -2.24. The van der Waals surface area contributed by atoms with Gasteiger partial charge in [-0.3, -0.25) is 4.79 Å². The van der Waals surface area contributed by atoms with Crippen LogP contribution in [0.3, 0.4) is 0 Å². The highest BCUT2D eigenvalue weighted by atomic mass is 16.1.